The van der Waals surface area contributed by atoms with Gasteiger partial charge < -0.3 is 16.2 Å². The number of guanidine groups is 2. The summed E-state index contributed by atoms with van der Waals surface area (Å²) in [6, 6.07) is 6.50. The van der Waals surface area contributed by atoms with Crippen LogP contribution < -0.4 is 21.6 Å². The largest absolute Gasteiger partial charge is 0.446 e. The number of aliphatic imine (C=N–C) groups is 2. The van der Waals surface area contributed by atoms with Crippen molar-refractivity contribution in [2.24, 2.45) is 21.5 Å². The van der Waals surface area contributed by atoms with Gasteiger partial charge in [-0.2, -0.15) is 4.99 Å². The highest BCUT2D eigenvalue weighted by molar-refractivity contribution is 6.66. The molecular formula is C13H17Cl3N6O. The molecule has 0 aromatic heterocycles. The second-order valence-electron chi connectivity index (χ2n) is 4.81. The maximum absolute atomic E-state index is 5.77. The van der Waals surface area contributed by atoms with Crippen molar-refractivity contribution in [2.75, 3.05) is 13.1 Å². The molecule has 1 aliphatic heterocycles. The van der Waals surface area contributed by atoms with Gasteiger partial charge in [-0.3, -0.25) is 5.43 Å². The number of benzene rings is 1. The summed E-state index contributed by atoms with van der Waals surface area (Å²) in [7, 11) is 0. The van der Waals surface area contributed by atoms with E-state index in [2.05, 4.69) is 15.4 Å². The molecule has 7 nitrogen and oxygen atoms in total. The Bertz CT molecular complexity index is 578. The van der Waals surface area contributed by atoms with Gasteiger partial charge in [0.25, 0.3) is 0 Å². The molecule has 0 bridgehead atoms. The number of alkyl halides is 3. The van der Waals surface area contributed by atoms with Crippen LogP contribution in [-0.4, -0.2) is 34.0 Å². The summed E-state index contributed by atoms with van der Waals surface area (Å²) in [6.07, 6.45) is 2.26. The molecule has 23 heavy (non-hydrogen) atoms. The molecule has 2 rings (SSSR count). The summed E-state index contributed by atoms with van der Waals surface area (Å²) in [5, 5.41) is 1.98. The second-order valence-corrected chi connectivity index (χ2v) is 6.99. The molecule has 0 radical (unpaired) electrons. The molecule has 0 unspecified atom stereocenters. The van der Waals surface area contributed by atoms with Crippen molar-refractivity contribution in [3.8, 4) is 5.75 Å². The maximum atomic E-state index is 5.77. The van der Waals surface area contributed by atoms with Crippen LogP contribution in [0.25, 0.3) is 0 Å². The van der Waals surface area contributed by atoms with Crippen LogP contribution in [0.5, 0.6) is 5.75 Å². The zero-order chi connectivity index (χ0) is 16.9. The third kappa shape index (κ3) is 6.70. The van der Waals surface area contributed by atoms with Crippen molar-refractivity contribution in [1.29, 1.82) is 0 Å². The summed E-state index contributed by atoms with van der Waals surface area (Å²) < 4.78 is 3.24. The molecule has 0 amide bonds. The summed E-state index contributed by atoms with van der Waals surface area (Å²) in [6.45, 7) is 1.86. The quantitative estimate of drug-likeness (QED) is 0.425. The lowest BCUT2D eigenvalue weighted by Gasteiger charge is -2.16. The highest BCUT2D eigenvalue weighted by Crippen LogP contribution is 2.30. The smallest absolute Gasteiger partial charge is 0.338 e. The minimum atomic E-state index is -1.82. The van der Waals surface area contributed by atoms with E-state index >= 15 is 0 Å². The van der Waals surface area contributed by atoms with Crippen molar-refractivity contribution < 1.29 is 4.74 Å². The first-order valence-corrected chi connectivity index (χ1v) is 8.01. The maximum Gasteiger partial charge on any atom is 0.338 e. The van der Waals surface area contributed by atoms with E-state index in [1.54, 1.807) is 24.3 Å². The number of halogens is 3. The molecule has 0 aliphatic carbocycles. The first kappa shape index (κ1) is 17.9. The molecule has 126 valence electrons. The Morgan fingerprint density at radius 2 is 1.74 bits per heavy atom. The van der Waals surface area contributed by atoms with Gasteiger partial charge in [0.2, 0.25) is 11.9 Å². The van der Waals surface area contributed by atoms with E-state index in [0.29, 0.717) is 11.4 Å². The standard InChI is InChI=1S/C13H17Cl3N6O/c14-13(15,16)23-10-5-3-9(4-6-10)19-11(17)20-12(18)21-22-7-1-2-8-22/h3-6H,1-2,7-8H2,(H5,17,18,19,20,21). The number of nitrogens with two attached hydrogens (primary N) is 2. The van der Waals surface area contributed by atoms with Crippen LogP contribution >= 0.6 is 34.8 Å². The number of ether oxygens (including phenoxy) is 1. The SMILES string of the molecule is NC(=Nc1ccc(OC(Cl)(Cl)Cl)cc1)/N=C(\N)NN1CCCC1. The highest BCUT2D eigenvalue weighted by atomic mass is 35.6. The fourth-order valence-corrected chi connectivity index (χ4v) is 2.29. The Morgan fingerprint density at radius 1 is 1.13 bits per heavy atom. The van der Waals surface area contributed by atoms with Crippen molar-refractivity contribution in [3.63, 3.8) is 0 Å². The van der Waals surface area contributed by atoms with Crippen LogP contribution in [0, 0.1) is 0 Å². The first-order valence-electron chi connectivity index (χ1n) is 6.87. The predicted octanol–water partition coefficient (Wildman–Crippen LogP) is 2.25. The zero-order valence-electron chi connectivity index (χ0n) is 12.2. The summed E-state index contributed by atoms with van der Waals surface area (Å²) >= 11 is 16.6. The van der Waals surface area contributed by atoms with Gasteiger partial charge in [0, 0.05) is 13.1 Å². The zero-order valence-corrected chi connectivity index (χ0v) is 14.4. The van der Waals surface area contributed by atoms with E-state index in [1.807, 2.05) is 5.01 Å². The van der Waals surface area contributed by atoms with Gasteiger partial charge in [0.1, 0.15) is 5.75 Å². The molecule has 1 heterocycles. The normalized spacial score (nSPS) is 17.3. The molecule has 10 heteroatoms. The van der Waals surface area contributed by atoms with Crippen LogP contribution in [-0.2, 0) is 0 Å². The molecule has 1 aromatic carbocycles. The molecule has 1 aliphatic rings. The van der Waals surface area contributed by atoms with E-state index in [1.165, 1.54) is 0 Å². The second kappa shape index (κ2) is 7.92. The lowest BCUT2D eigenvalue weighted by molar-refractivity contribution is 0.294. The van der Waals surface area contributed by atoms with Gasteiger partial charge in [-0.15, -0.1) is 0 Å². The third-order valence-corrected chi connectivity index (χ3v) is 3.16. The number of rotatable bonds is 3. The number of hydrogen-bond acceptors (Lipinski definition) is 3. The monoisotopic (exact) mass is 378 g/mol. The van der Waals surface area contributed by atoms with E-state index in [9.17, 15) is 0 Å². The van der Waals surface area contributed by atoms with Crippen LogP contribution in [0.3, 0.4) is 0 Å². The average Bonchev–Trinajstić information content (AvgIpc) is 2.91. The van der Waals surface area contributed by atoms with Crippen LogP contribution in [0.2, 0.25) is 0 Å². The third-order valence-electron chi connectivity index (χ3n) is 2.93. The summed E-state index contributed by atoms with van der Waals surface area (Å²) in [5.41, 5.74) is 15.1. The summed E-state index contributed by atoms with van der Waals surface area (Å²) in [4.78, 5) is 8.12. The van der Waals surface area contributed by atoms with Gasteiger partial charge >= 0.3 is 3.98 Å². The average molecular weight is 380 g/mol. The van der Waals surface area contributed by atoms with Crippen LogP contribution in [0.4, 0.5) is 5.69 Å². The summed E-state index contributed by atoms with van der Waals surface area (Å²) in [5.74, 6) is 0.620. The lowest BCUT2D eigenvalue weighted by Crippen LogP contribution is -2.45. The van der Waals surface area contributed by atoms with Gasteiger partial charge in [-0.05, 0) is 71.9 Å². The van der Waals surface area contributed by atoms with Crippen LogP contribution in [0.15, 0.2) is 34.3 Å². The highest BCUT2D eigenvalue weighted by Gasteiger charge is 2.21. The Morgan fingerprint density at radius 3 is 2.30 bits per heavy atom. The van der Waals surface area contributed by atoms with Crippen molar-refractivity contribution in [2.45, 2.75) is 16.8 Å². The van der Waals surface area contributed by atoms with Gasteiger partial charge in [0.15, 0.2) is 0 Å². The molecule has 0 spiro atoms. The van der Waals surface area contributed by atoms with Gasteiger partial charge in [-0.25, -0.2) is 10.0 Å². The Balaban J connectivity index is 1.96. The van der Waals surface area contributed by atoms with Crippen molar-refractivity contribution in [1.82, 2.24) is 10.4 Å². The lowest BCUT2D eigenvalue weighted by atomic mass is 10.3. The first-order chi connectivity index (χ1) is 10.8. The Hall–Kier alpha value is -1.41. The predicted molar refractivity (Wildman–Crippen MR) is 94.2 cm³/mol. The molecular weight excluding hydrogens is 363 g/mol. The Labute approximate surface area is 149 Å². The minimum absolute atomic E-state index is 0.0317. The number of nitrogens with one attached hydrogen (secondary N) is 1. The number of hydrogen-bond donors (Lipinski definition) is 3. The molecule has 1 aromatic rings. The minimum Gasteiger partial charge on any atom is -0.446 e. The fraction of sp³-hybridized carbons (Fsp3) is 0.385. The van der Waals surface area contributed by atoms with Gasteiger partial charge in [0.05, 0.1) is 5.69 Å². The topological polar surface area (TPSA) is 101 Å². The van der Waals surface area contributed by atoms with Crippen molar-refractivity contribution >= 4 is 52.4 Å². The van der Waals surface area contributed by atoms with Gasteiger partial charge in [-0.1, -0.05) is 0 Å². The molecule has 0 atom stereocenters. The van der Waals surface area contributed by atoms with E-state index in [0.717, 1.165) is 25.9 Å². The molecule has 5 N–H and O–H groups in total. The Kier molecular flexibility index (Phi) is 6.17. The number of hydrazine groups is 1. The number of nitrogens with zero attached hydrogens (tertiary/aromatic N) is 3. The van der Waals surface area contributed by atoms with E-state index in [-0.39, 0.29) is 11.9 Å². The molecule has 1 fully saturated rings. The van der Waals surface area contributed by atoms with Crippen molar-refractivity contribution in [3.05, 3.63) is 24.3 Å². The van der Waals surface area contributed by atoms with E-state index in [4.69, 9.17) is 51.0 Å². The molecule has 0 saturated carbocycles. The van der Waals surface area contributed by atoms with Crippen LogP contribution in [0.1, 0.15) is 12.8 Å². The fourth-order valence-electron chi connectivity index (χ4n) is 2.02. The molecule has 1 saturated heterocycles. The van der Waals surface area contributed by atoms with E-state index < -0.39 is 3.98 Å².